The van der Waals surface area contributed by atoms with Gasteiger partial charge in [0.1, 0.15) is 0 Å². The molecule has 2 bridgehead atoms. The molecule has 1 amide bonds. The van der Waals surface area contributed by atoms with Gasteiger partial charge in [-0.05, 0) is 43.2 Å². The average molecular weight is 282 g/mol. The Labute approximate surface area is 116 Å². The number of rotatable bonds is 4. The topological polar surface area (TPSA) is 29.1 Å². The van der Waals surface area contributed by atoms with Gasteiger partial charge in [0.15, 0.2) is 0 Å². The first kappa shape index (κ1) is 12.2. The smallest absolute Gasteiger partial charge is 0.223 e. The van der Waals surface area contributed by atoms with Gasteiger partial charge >= 0.3 is 0 Å². The Morgan fingerprint density at radius 3 is 2.89 bits per heavy atom. The summed E-state index contributed by atoms with van der Waals surface area (Å²) in [6.45, 7) is 0.716. The Morgan fingerprint density at radius 1 is 1.39 bits per heavy atom. The predicted molar refractivity (Wildman–Crippen MR) is 74.9 cm³/mol. The fourth-order valence-corrected chi connectivity index (χ4v) is 4.10. The molecule has 0 radical (unpaired) electrons. The molecule has 1 N–H and O–H groups in total. The minimum absolute atomic E-state index is 0.215. The van der Waals surface area contributed by atoms with Gasteiger partial charge in [0.25, 0.3) is 0 Å². The summed E-state index contributed by atoms with van der Waals surface area (Å²) >= 11 is 7.46. The molecular weight excluding hydrogens is 266 g/mol. The first-order valence-corrected chi connectivity index (χ1v) is 7.62. The molecule has 1 fully saturated rings. The van der Waals surface area contributed by atoms with Crippen LogP contribution in [0.15, 0.2) is 24.3 Å². The number of thiophene rings is 1. The van der Waals surface area contributed by atoms with Gasteiger partial charge in [-0.25, -0.2) is 0 Å². The summed E-state index contributed by atoms with van der Waals surface area (Å²) in [5, 5.41) is 3.06. The molecule has 2 nitrogen and oxygen atoms in total. The van der Waals surface area contributed by atoms with Crippen LogP contribution in [-0.4, -0.2) is 12.5 Å². The lowest BCUT2D eigenvalue weighted by molar-refractivity contribution is -0.125. The first-order chi connectivity index (χ1) is 8.72. The molecule has 3 atom stereocenters. The van der Waals surface area contributed by atoms with Crippen molar-refractivity contribution < 1.29 is 4.79 Å². The molecule has 96 valence electrons. The minimum atomic E-state index is 0.215. The third kappa shape index (κ3) is 2.47. The number of hydrogen-bond acceptors (Lipinski definition) is 2. The number of allylic oxidation sites excluding steroid dienone is 2. The normalized spacial score (nSPS) is 28.8. The molecule has 0 aliphatic heterocycles. The molecule has 0 aromatic carbocycles. The van der Waals surface area contributed by atoms with Crippen LogP contribution in [-0.2, 0) is 11.2 Å². The molecule has 2 aliphatic carbocycles. The van der Waals surface area contributed by atoms with Crippen LogP contribution < -0.4 is 5.32 Å². The van der Waals surface area contributed by atoms with Gasteiger partial charge in [0.05, 0.1) is 4.34 Å². The number of carbonyl (C=O) groups excluding carboxylic acids is 1. The summed E-state index contributed by atoms with van der Waals surface area (Å²) in [7, 11) is 0. The first-order valence-electron chi connectivity index (χ1n) is 6.42. The van der Waals surface area contributed by atoms with Crippen molar-refractivity contribution >= 4 is 28.8 Å². The van der Waals surface area contributed by atoms with E-state index < -0.39 is 0 Å². The lowest BCUT2D eigenvalue weighted by atomic mass is 9.93. The van der Waals surface area contributed by atoms with E-state index in [0.29, 0.717) is 18.4 Å². The summed E-state index contributed by atoms with van der Waals surface area (Å²) in [6, 6.07) is 3.93. The van der Waals surface area contributed by atoms with E-state index in [0.717, 1.165) is 17.2 Å². The van der Waals surface area contributed by atoms with Crippen molar-refractivity contribution in [1.82, 2.24) is 5.32 Å². The van der Waals surface area contributed by atoms with Crippen molar-refractivity contribution in [2.45, 2.75) is 19.3 Å². The van der Waals surface area contributed by atoms with E-state index in [1.165, 1.54) is 11.3 Å². The molecule has 2 aliphatic rings. The van der Waals surface area contributed by atoms with Gasteiger partial charge in [-0.15, -0.1) is 11.3 Å². The zero-order chi connectivity index (χ0) is 12.5. The molecule has 1 heterocycles. The van der Waals surface area contributed by atoms with Crippen molar-refractivity contribution in [3.8, 4) is 0 Å². The average Bonchev–Trinajstić information content (AvgIpc) is 3.05. The van der Waals surface area contributed by atoms with E-state index in [9.17, 15) is 4.79 Å². The van der Waals surface area contributed by atoms with Crippen LogP contribution in [0.25, 0.3) is 0 Å². The second-order valence-corrected chi connectivity index (χ2v) is 6.93. The van der Waals surface area contributed by atoms with Gasteiger partial charge in [-0.3, -0.25) is 4.79 Å². The van der Waals surface area contributed by atoms with E-state index in [1.807, 2.05) is 12.1 Å². The Kier molecular flexibility index (Phi) is 3.44. The minimum Gasteiger partial charge on any atom is -0.355 e. The monoisotopic (exact) mass is 281 g/mol. The maximum atomic E-state index is 12.1. The van der Waals surface area contributed by atoms with Crippen LogP contribution in [0.2, 0.25) is 4.34 Å². The standard InChI is InChI=1S/C14H16ClNOS/c15-13-4-3-11(18-13)5-6-16-14(17)12-8-9-1-2-10(12)7-9/h1-4,9-10,12H,5-8H2,(H,16,17)/t9-,10-,12+/m0/s1. The lowest BCUT2D eigenvalue weighted by Crippen LogP contribution is -2.34. The van der Waals surface area contributed by atoms with Crippen LogP contribution in [0, 0.1) is 17.8 Å². The molecule has 1 aromatic heterocycles. The molecule has 0 spiro atoms. The van der Waals surface area contributed by atoms with Crippen molar-refractivity contribution in [1.29, 1.82) is 0 Å². The summed E-state index contributed by atoms with van der Waals surface area (Å²) < 4.78 is 0.814. The zero-order valence-electron chi connectivity index (χ0n) is 10.1. The Morgan fingerprint density at radius 2 is 2.28 bits per heavy atom. The summed E-state index contributed by atoms with van der Waals surface area (Å²) in [5.74, 6) is 1.59. The molecule has 1 aromatic rings. The molecule has 1 saturated carbocycles. The van der Waals surface area contributed by atoms with E-state index in [1.54, 1.807) is 11.3 Å². The van der Waals surface area contributed by atoms with E-state index in [4.69, 9.17) is 11.6 Å². The molecule has 0 saturated heterocycles. The number of carbonyl (C=O) groups is 1. The third-order valence-electron chi connectivity index (χ3n) is 3.92. The van der Waals surface area contributed by atoms with Crippen molar-refractivity contribution in [3.63, 3.8) is 0 Å². The highest BCUT2D eigenvalue weighted by molar-refractivity contribution is 7.16. The maximum absolute atomic E-state index is 12.1. The number of nitrogens with one attached hydrogen (secondary N) is 1. The van der Waals surface area contributed by atoms with E-state index >= 15 is 0 Å². The van der Waals surface area contributed by atoms with Crippen LogP contribution in [0.3, 0.4) is 0 Å². The number of hydrogen-bond donors (Lipinski definition) is 1. The number of amides is 1. The molecule has 3 rings (SSSR count). The van der Waals surface area contributed by atoms with Gasteiger partial charge in [0.2, 0.25) is 5.91 Å². The van der Waals surface area contributed by atoms with Gasteiger partial charge in [-0.2, -0.15) is 0 Å². The Bertz CT molecular complexity index is 482. The second-order valence-electron chi connectivity index (χ2n) is 5.13. The number of halogens is 1. The highest BCUT2D eigenvalue weighted by Gasteiger charge is 2.39. The van der Waals surface area contributed by atoms with E-state index in [2.05, 4.69) is 17.5 Å². The highest BCUT2D eigenvalue weighted by atomic mass is 35.5. The van der Waals surface area contributed by atoms with E-state index in [-0.39, 0.29) is 11.8 Å². The predicted octanol–water partition coefficient (Wildman–Crippen LogP) is 3.27. The van der Waals surface area contributed by atoms with Crippen molar-refractivity contribution in [2.75, 3.05) is 6.54 Å². The lowest BCUT2D eigenvalue weighted by Gasteiger charge is -2.17. The van der Waals surface area contributed by atoms with Crippen LogP contribution in [0.1, 0.15) is 17.7 Å². The van der Waals surface area contributed by atoms with Crippen LogP contribution in [0.4, 0.5) is 0 Å². The quantitative estimate of drug-likeness (QED) is 0.843. The van der Waals surface area contributed by atoms with Gasteiger partial charge in [-0.1, -0.05) is 23.8 Å². The summed E-state index contributed by atoms with van der Waals surface area (Å²) in [5.41, 5.74) is 0. The Hall–Kier alpha value is -0.800. The second kappa shape index (κ2) is 5.06. The van der Waals surface area contributed by atoms with Crippen molar-refractivity contribution in [3.05, 3.63) is 33.5 Å². The molecule has 18 heavy (non-hydrogen) atoms. The SMILES string of the molecule is O=C(NCCc1ccc(Cl)s1)[C@@H]1C[C@H]2C=C[C@H]1C2. The highest BCUT2D eigenvalue weighted by Crippen LogP contribution is 2.43. The van der Waals surface area contributed by atoms with Gasteiger partial charge in [0, 0.05) is 17.3 Å². The van der Waals surface area contributed by atoms with Crippen LogP contribution in [0.5, 0.6) is 0 Å². The fourth-order valence-electron chi connectivity index (χ4n) is 3.01. The van der Waals surface area contributed by atoms with Crippen molar-refractivity contribution in [2.24, 2.45) is 17.8 Å². The Balaban J connectivity index is 1.46. The maximum Gasteiger partial charge on any atom is 0.223 e. The third-order valence-corrected chi connectivity index (χ3v) is 5.21. The fraction of sp³-hybridized carbons (Fsp3) is 0.500. The molecule has 0 unspecified atom stereocenters. The molecule has 4 heteroatoms. The summed E-state index contributed by atoms with van der Waals surface area (Å²) in [6.07, 6.45) is 7.58. The zero-order valence-corrected chi connectivity index (χ0v) is 11.6. The largest absolute Gasteiger partial charge is 0.355 e. The molecular formula is C14H16ClNOS. The summed E-state index contributed by atoms with van der Waals surface area (Å²) in [4.78, 5) is 13.3. The number of fused-ring (bicyclic) bond motifs is 2. The van der Waals surface area contributed by atoms with Gasteiger partial charge < -0.3 is 5.32 Å². The van der Waals surface area contributed by atoms with Crippen LogP contribution >= 0.6 is 22.9 Å².